The number of carboxylic acid groups (broad SMARTS) is 1. The molecule has 0 unspecified atom stereocenters. The summed E-state index contributed by atoms with van der Waals surface area (Å²) in [6.45, 7) is 2.70. The number of esters is 1. The molecule has 0 saturated heterocycles. The van der Waals surface area contributed by atoms with E-state index in [1.165, 1.54) is 25.1 Å². The van der Waals surface area contributed by atoms with Crippen molar-refractivity contribution in [1.82, 2.24) is 0 Å². The molecule has 1 aliphatic carbocycles. The number of amides is 1. The summed E-state index contributed by atoms with van der Waals surface area (Å²) in [5.41, 5.74) is 2.33. The third-order valence-electron chi connectivity index (χ3n) is 5.13. The monoisotopic (exact) mass is 475 g/mol. The number of hydrogen-bond acceptors (Lipinski definition) is 7. The third kappa shape index (κ3) is 4.98. The van der Waals surface area contributed by atoms with Gasteiger partial charge in [0, 0.05) is 41.3 Å². The quantitative estimate of drug-likeness (QED) is 0.301. The average molecular weight is 475 g/mol. The van der Waals surface area contributed by atoms with Crippen LogP contribution in [0.25, 0.3) is 33.4 Å². The highest BCUT2D eigenvalue weighted by Crippen LogP contribution is 2.42. The predicted molar refractivity (Wildman–Crippen MR) is 128 cm³/mol. The van der Waals surface area contributed by atoms with E-state index < -0.39 is 18.5 Å². The fourth-order valence-electron chi connectivity index (χ4n) is 3.79. The van der Waals surface area contributed by atoms with Gasteiger partial charge in [-0.1, -0.05) is 0 Å². The molecule has 2 N–H and O–H groups in total. The van der Waals surface area contributed by atoms with Gasteiger partial charge in [0.25, 0.3) is 0 Å². The molecule has 4 rings (SSSR count). The number of aliphatic carboxylic acids is 1. The fourth-order valence-corrected chi connectivity index (χ4v) is 3.79. The smallest absolute Gasteiger partial charge is 0.341 e. The van der Waals surface area contributed by atoms with Crippen LogP contribution < -0.4 is 15.5 Å². The van der Waals surface area contributed by atoms with E-state index in [1.54, 1.807) is 43.3 Å². The number of carboxylic acids is 1. The van der Waals surface area contributed by atoms with Crippen LogP contribution in [0, 0.1) is 0 Å². The Bertz CT molecular complexity index is 1490. The summed E-state index contributed by atoms with van der Waals surface area (Å²) in [7, 11) is 0. The van der Waals surface area contributed by atoms with Crippen molar-refractivity contribution in [3.63, 3.8) is 0 Å². The molecule has 9 nitrogen and oxygen atoms in total. The minimum absolute atomic E-state index is 0.168. The normalized spacial score (nSPS) is 10.8. The fraction of sp³-hybridized carbons (Fsp3) is 0.154. The molecule has 35 heavy (non-hydrogen) atoms. The Labute approximate surface area is 199 Å². The van der Waals surface area contributed by atoms with Gasteiger partial charge < -0.3 is 24.3 Å². The Morgan fingerprint density at radius 3 is 2.51 bits per heavy atom. The SMILES string of the molecule is CCOC(=O)c1ccc(NC(C)=O)cc1-c1c2ccc(=O)cc-2oc2cc(OCC(=O)O)ccc12. The van der Waals surface area contributed by atoms with Crippen LogP contribution in [0.5, 0.6) is 5.75 Å². The van der Waals surface area contributed by atoms with E-state index in [-0.39, 0.29) is 35.0 Å². The molecule has 0 aromatic heterocycles. The number of carbonyl (C=O) groups excluding carboxylic acids is 2. The Kier molecular flexibility index (Phi) is 6.50. The van der Waals surface area contributed by atoms with Gasteiger partial charge in [0.05, 0.1) is 12.2 Å². The lowest BCUT2D eigenvalue weighted by Gasteiger charge is -2.18. The van der Waals surface area contributed by atoms with Gasteiger partial charge in [-0.25, -0.2) is 9.59 Å². The number of ether oxygens (including phenoxy) is 2. The summed E-state index contributed by atoms with van der Waals surface area (Å²) < 4.78 is 16.5. The topological polar surface area (TPSA) is 132 Å². The lowest BCUT2D eigenvalue weighted by Crippen LogP contribution is -2.10. The molecule has 2 aromatic rings. The lowest BCUT2D eigenvalue weighted by atomic mass is 9.90. The van der Waals surface area contributed by atoms with Gasteiger partial charge >= 0.3 is 11.9 Å². The first-order valence-electron chi connectivity index (χ1n) is 10.7. The lowest BCUT2D eigenvalue weighted by molar-refractivity contribution is -0.139. The highest BCUT2D eigenvalue weighted by atomic mass is 16.5. The maximum absolute atomic E-state index is 12.8. The van der Waals surface area contributed by atoms with Crippen LogP contribution in [-0.4, -0.2) is 36.2 Å². The van der Waals surface area contributed by atoms with Crippen LogP contribution in [0.15, 0.2) is 63.8 Å². The molecule has 0 saturated carbocycles. The first kappa shape index (κ1) is 23.5. The number of nitrogens with one attached hydrogen (secondary N) is 1. The molecular weight excluding hydrogens is 454 g/mol. The van der Waals surface area contributed by atoms with Crippen molar-refractivity contribution < 1.29 is 33.4 Å². The van der Waals surface area contributed by atoms with Gasteiger partial charge in [-0.2, -0.15) is 0 Å². The van der Waals surface area contributed by atoms with Crippen LogP contribution in [0.2, 0.25) is 0 Å². The minimum atomic E-state index is -1.13. The molecule has 1 amide bonds. The van der Waals surface area contributed by atoms with Crippen molar-refractivity contribution in [2.45, 2.75) is 13.8 Å². The predicted octanol–water partition coefficient (Wildman–Crippen LogP) is 4.16. The summed E-state index contributed by atoms with van der Waals surface area (Å²) in [4.78, 5) is 47.5. The Morgan fingerprint density at radius 2 is 1.80 bits per heavy atom. The van der Waals surface area contributed by atoms with Crippen molar-refractivity contribution in [3.05, 3.63) is 70.4 Å². The van der Waals surface area contributed by atoms with Gasteiger partial charge in [-0.3, -0.25) is 9.59 Å². The van der Waals surface area contributed by atoms with E-state index >= 15 is 0 Å². The number of fused-ring (bicyclic) bond motifs is 2. The maximum atomic E-state index is 12.8. The van der Waals surface area contributed by atoms with Crippen LogP contribution in [-0.2, 0) is 14.3 Å². The second-order valence-corrected chi connectivity index (χ2v) is 7.64. The van der Waals surface area contributed by atoms with Crippen LogP contribution >= 0.6 is 0 Å². The first-order chi connectivity index (χ1) is 16.8. The van der Waals surface area contributed by atoms with Gasteiger partial charge in [0.2, 0.25) is 5.91 Å². The first-order valence-corrected chi connectivity index (χ1v) is 10.7. The molecule has 2 aromatic carbocycles. The van der Waals surface area contributed by atoms with Crippen LogP contribution in [0.3, 0.4) is 0 Å². The molecule has 1 heterocycles. The van der Waals surface area contributed by atoms with Crippen molar-refractivity contribution in [3.8, 4) is 28.2 Å². The Morgan fingerprint density at radius 1 is 1.00 bits per heavy atom. The van der Waals surface area contributed by atoms with E-state index in [1.807, 2.05) is 0 Å². The van der Waals surface area contributed by atoms with Crippen molar-refractivity contribution in [1.29, 1.82) is 0 Å². The summed E-state index contributed by atoms with van der Waals surface area (Å²) in [6.07, 6.45) is 0. The molecule has 9 heteroatoms. The van der Waals surface area contributed by atoms with Crippen molar-refractivity contribution >= 4 is 34.5 Å². The summed E-state index contributed by atoms with van der Waals surface area (Å²) in [5, 5.41) is 12.2. The van der Waals surface area contributed by atoms with Gasteiger partial charge in [0.1, 0.15) is 17.1 Å². The largest absolute Gasteiger partial charge is 0.482 e. The van der Waals surface area contributed by atoms with Crippen molar-refractivity contribution in [2.24, 2.45) is 0 Å². The van der Waals surface area contributed by atoms with Crippen LogP contribution in [0.1, 0.15) is 24.2 Å². The number of benzene rings is 3. The minimum Gasteiger partial charge on any atom is -0.482 e. The van der Waals surface area contributed by atoms with E-state index in [0.29, 0.717) is 33.3 Å². The Hall–Kier alpha value is -4.66. The van der Waals surface area contributed by atoms with Crippen molar-refractivity contribution in [2.75, 3.05) is 18.5 Å². The van der Waals surface area contributed by atoms with Gasteiger partial charge in [-0.15, -0.1) is 0 Å². The zero-order chi connectivity index (χ0) is 25.1. The summed E-state index contributed by atoms with van der Waals surface area (Å²) in [6, 6.07) is 13.9. The summed E-state index contributed by atoms with van der Waals surface area (Å²) in [5.74, 6) is -1.46. The van der Waals surface area contributed by atoms with E-state index in [4.69, 9.17) is 19.0 Å². The number of hydrogen-bond donors (Lipinski definition) is 2. The molecule has 0 radical (unpaired) electrons. The second-order valence-electron chi connectivity index (χ2n) is 7.64. The van der Waals surface area contributed by atoms with Gasteiger partial charge in [0.15, 0.2) is 12.0 Å². The zero-order valence-corrected chi connectivity index (χ0v) is 18.9. The highest BCUT2D eigenvalue weighted by Gasteiger charge is 2.23. The molecule has 2 aliphatic rings. The number of anilines is 1. The standard InChI is InChI=1S/C26H21NO8/c1-3-33-26(32)18-7-4-15(27-14(2)28)10-21(18)25-19-8-5-16(29)11-22(19)35-23-12-17(6-9-20(23)25)34-13-24(30)31/h4-12H,3,13H2,1-2H3,(H,27,28)(H,30,31). The zero-order valence-electron chi connectivity index (χ0n) is 18.9. The summed E-state index contributed by atoms with van der Waals surface area (Å²) >= 11 is 0. The average Bonchev–Trinajstić information content (AvgIpc) is 2.80. The number of carbonyl (C=O) groups is 3. The molecule has 0 spiro atoms. The van der Waals surface area contributed by atoms with Gasteiger partial charge in [-0.05, 0) is 55.0 Å². The van der Waals surface area contributed by atoms with E-state index in [9.17, 15) is 19.2 Å². The highest BCUT2D eigenvalue weighted by molar-refractivity contribution is 6.09. The third-order valence-corrected chi connectivity index (χ3v) is 5.13. The number of rotatable bonds is 7. The second kappa shape index (κ2) is 9.68. The molecule has 178 valence electrons. The molecule has 0 atom stereocenters. The van der Waals surface area contributed by atoms with Crippen LogP contribution in [0.4, 0.5) is 5.69 Å². The molecule has 0 bridgehead atoms. The van der Waals surface area contributed by atoms with E-state index in [0.717, 1.165) is 0 Å². The molecular formula is C26H21NO8. The Balaban J connectivity index is 2.04. The maximum Gasteiger partial charge on any atom is 0.341 e. The van der Waals surface area contributed by atoms with E-state index in [2.05, 4.69) is 5.32 Å². The molecule has 1 aliphatic heterocycles. The molecule has 0 fully saturated rings.